The standard InChI is InChI=1S/C47H33N5/c1-47(2)39-23-10-9-22-36(39)37-29-42-38(28-40(37)47)43-41(24-13-25-48-43)52(42)46-50-44(34-20-11-18-32(26-34)30-14-5-3-6-15-30)49-45(51-46)35-21-12-19-33(27-35)31-16-7-4-8-17-31/h3-29H,1-2H3. The van der Waals surface area contributed by atoms with Crippen LogP contribution in [0.2, 0.25) is 0 Å². The highest BCUT2D eigenvalue weighted by Gasteiger charge is 2.36. The summed E-state index contributed by atoms with van der Waals surface area (Å²) in [5.41, 5.74) is 14.2. The molecule has 0 bridgehead atoms. The summed E-state index contributed by atoms with van der Waals surface area (Å²) in [7, 11) is 0. The van der Waals surface area contributed by atoms with E-state index >= 15 is 0 Å². The number of benzene rings is 6. The van der Waals surface area contributed by atoms with Gasteiger partial charge in [-0.2, -0.15) is 9.97 Å². The van der Waals surface area contributed by atoms with Crippen LogP contribution in [0.3, 0.4) is 0 Å². The third-order valence-electron chi connectivity index (χ3n) is 10.5. The Bertz CT molecular complexity index is 2720. The van der Waals surface area contributed by atoms with E-state index < -0.39 is 0 Å². The Morgan fingerprint density at radius 1 is 0.442 bits per heavy atom. The lowest BCUT2D eigenvalue weighted by atomic mass is 9.82. The molecule has 0 fully saturated rings. The number of hydrogen-bond donors (Lipinski definition) is 0. The van der Waals surface area contributed by atoms with Gasteiger partial charge in [0.05, 0.1) is 16.6 Å². The van der Waals surface area contributed by atoms with Crippen LogP contribution in [0.1, 0.15) is 25.0 Å². The third-order valence-corrected chi connectivity index (χ3v) is 10.5. The topological polar surface area (TPSA) is 56.5 Å². The third kappa shape index (κ3) is 4.78. The lowest BCUT2D eigenvalue weighted by molar-refractivity contribution is 0.661. The minimum Gasteiger partial charge on any atom is -0.276 e. The molecule has 246 valence electrons. The van der Waals surface area contributed by atoms with Crippen LogP contribution in [0.5, 0.6) is 0 Å². The van der Waals surface area contributed by atoms with E-state index in [0.29, 0.717) is 17.6 Å². The average molecular weight is 668 g/mol. The molecule has 0 spiro atoms. The fourth-order valence-corrected chi connectivity index (χ4v) is 7.90. The van der Waals surface area contributed by atoms with Crippen molar-refractivity contribution in [3.05, 3.63) is 175 Å². The van der Waals surface area contributed by atoms with Gasteiger partial charge >= 0.3 is 0 Å². The van der Waals surface area contributed by atoms with Crippen molar-refractivity contribution in [1.29, 1.82) is 0 Å². The first-order chi connectivity index (χ1) is 25.5. The molecular weight excluding hydrogens is 635 g/mol. The summed E-state index contributed by atoms with van der Waals surface area (Å²) in [6.45, 7) is 4.63. The summed E-state index contributed by atoms with van der Waals surface area (Å²) in [5, 5.41) is 1.08. The summed E-state index contributed by atoms with van der Waals surface area (Å²) in [6.07, 6.45) is 1.87. The lowest BCUT2D eigenvalue weighted by Crippen LogP contribution is -2.14. The molecule has 0 N–H and O–H groups in total. The number of pyridine rings is 1. The van der Waals surface area contributed by atoms with Gasteiger partial charge in [0, 0.05) is 28.1 Å². The second-order valence-corrected chi connectivity index (χ2v) is 14.0. The van der Waals surface area contributed by atoms with Crippen LogP contribution in [0.4, 0.5) is 0 Å². The van der Waals surface area contributed by atoms with E-state index in [1.54, 1.807) is 0 Å². The van der Waals surface area contributed by atoms with E-state index in [9.17, 15) is 0 Å². The van der Waals surface area contributed by atoms with Gasteiger partial charge in [0.2, 0.25) is 5.95 Å². The smallest absolute Gasteiger partial charge is 0.238 e. The molecule has 0 radical (unpaired) electrons. The molecule has 0 atom stereocenters. The van der Waals surface area contributed by atoms with Gasteiger partial charge in [-0.15, -0.1) is 0 Å². The highest BCUT2D eigenvalue weighted by Crippen LogP contribution is 2.50. The van der Waals surface area contributed by atoms with E-state index in [4.69, 9.17) is 19.9 Å². The number of nitrogens with zero attached hydrogens (tertiary/aromatic N) is 5. The van der Waals surface area contributed by atoms with Gasteiger partial charge in [0.1, 0.15) is 0 Å². The van der Waals surface area contributed by atoms with Crippen molar-refractivity contribution in [2.75, 3.05) is 0 Å². The van der Waals surface area contributed by atoms with Crippen LogP contribution in [0.25, 0.3) is 84.0 Å². The molecule has 5 nitrogen and oxygen atoms in total. The zero-order valence-corrected chi connectivity index (χ0v) is 28.8. The zero-order chi connectivity index (χ0) is 34.8. The molecule has 3 heterocycles. The molecule has 0 saturated carbocycles. The molecule has 3 aromatic heterocycles. The molecule has 9 aromatic rings. The van der Waals surface area contributed by atoms with Gasteiger partial charge < -0.3 is 0 Å². The van der Waals surface area contributed by atoms with Gasteiger partial charge in [0.25, 0.3) is 0 Å². The van der Waals surface area contributed by atoms with Gasteiger partial charge in [-0.3, -0.25) is 9.55 Å². The second-order valence-electron chi connectivity index (χ2n) is 14.0. The first-order valence-corrected chi connectivity index (χ1v) is 17.6. The molecule has 52 heavy (non-hydrogen) atoms. The molecule has 0 saturated heterocycles. The number of aromatic nitrogens is 5. The Morgan fingerprint density at radius 2 is 1.02 bits per heavy atom. The number of fused-ring (bicyclic) bond motifs is 6. The molecule has 6 aromatic carbocycles. The molecule has 1 aliphatic rings. The first-order valence-electron chi connectivity index (χ1n) is 17.6. The predicted molar refractivity (Wildman–Crippen MR) is 211 cm³/mol. The summed E-state index contributed by atoms with van der Waals surface area (Å²) < 4.78 is 2.17. The van der Waals surface area contributed by atoms with Crippen molar-refractivity contribution < 1.29 is 0 Å². The highest BCUT2D eigenvalue weighted by atomic mass is 15.2. The van der Waals surface area contributed by atoms with Gasteiger partial charge in [-0.25, -0.2) is 4.98 Å². The van der Waals surface area contributed by atoms with Crippen molar-refractivity contribution >= 4 is 21.9 Å². The SMILES string of the molecule is CC1(C)c2ccccc2-c2cc3c(cc21)c1ncccc1n3-c1nc(-c2cccc(-c3ccccc3)c2)nc(-c2cccc(-c3ccccc3)c2)n1. The number of rotatable bonds is 5. The molecule has 0 amide bonds. The van der Waals surface area contributed by atoms with Crippen LogP contribution in [-0.2, 0) is 5.41 Å². The fraction of sp³-hybridized carbons (Fsp3) is 0.0638. The quantitative estimate of drug-likeness (QED) is 0.183. The van der Waals surface area contributed by atoms with Crippen LogP contribution in [-0.4, -0.2) is 24.5 Å². The Hall–Kier alpha value is -6.72. The Labute approximate surface area is 302 Å². The van der Waals surface area contributed by atoms with Crippen LogP contribution >= 0.6 is 0 Å². The normalized spacial score (nSPS) is 13.0. The van der Waals surface area contributed by atoms with Gasteiger partial charge in [0.15, 0.2) is 11.6 Å². The Morgan fingerprint density at radius 3 is 1.67 bits per heavy atom. The van der Waals surface area contributed by atoms with Crippen molar-refractivity contribution in [3.8, 4) is 62.1 Å². The molecule has 1 aliphatic carbocycles. The largest absolute Gasteiger partial charge is 0.276 e. The van der Waals surface area contributed by atoms with E-state index in [0.717, 1.165) is 55.3 Å². The maximum atomic E-state index is 5.27. The van der Waals surface area contributed by atoms with Crippen molar-refractivity contribution in [1.82, 2.24) is 24.5 Å². The van der Waals surface area contributed by atoms with Crippen LogP contribution < -0.4 is 0 Å². The Kier molecular flexibility index (Phi) is 6.77. The Balaban J connectivity index is 1.24. The van der Waals surface area contributed by atoms with Crippen molar-refractivity contribution in [2.45, 2.75) is 19.3 Å². The fourth-order valence-electron chi connectivity index (χ4n) is 7.90. The van der Waals surface area contributed by atoms with Gasteiger partial charge in [-0.05, 0) is 80.9 Å². The highest BCUT2D eigenvalue weighted by molar-refractivity contribution is 6.09. The minimum atomic E-state index is -0.135. The molecule has 0 aliphatic heterocycles. The maximum absolute atomic E-state index is 5.27. The average Bonchev–Trinajstić information content (AvgIpc) is 3.65. The summed E-state index contributed by atoms with van der Waals surface area (Å²) in [4.78, 5) is 20.6. The zero-order valence-electron chi connectivity index (χ0n) is 28.8. The van der Waals surface area contributed by atoms with Gasteiger partial charge in [-0.1, -0.05) is 135 Å². The molecule has 0 unspecified atom stereocenters. The summed E-state index contributed by atoms with van der Waals surface area (Å²) >= 11 is 0. The summed E-state index contributed by atoms with van der Waals surface area (Å²) in [5.74, 6) is 1.76. The molecular formula is C47H33N5. The first kappa shape index (κ1) is 30.1. The summed E-state index contributed by atoms with van der Waals surface area (Å²) in [6, 6.07) is 55.2. The number of hydrogen-bond acceptors (Lipinski definition) is 4. The van der Waals surface area contributed by atoms with Crippen LogP contribution in [0.15, 0.2) is 164 Å². The monoisotopic (exact) mass is 667 g/mol. The van der Waals surface area contributed by atoms with E-state index in [1.165, 1.54) is 22.3 Å². The maximum Gasteiger partial charge on any atom is 0.238 e. The second kappa shape index (κ2) is 11.7. The molecule has 5 heteroatoms. The lowest BCUT2D eigenvalue weighted by Gasteiger charge is -2.21. The van der Waals surface area contributed by atoms with E-state index in [1.807, 2.05) is 24.4 Å². The molecule has 10 rings (SSSR count). The van der Waals surface area contributed by atoms with Crippen LogP contribution in [0, 0.1) is 0 Å². The van der Waals surface area contributed by atoms with Crippen molar-refractivity contribution in [3.63, 3.8) is 0 Å². The van der Waals surface area contributed by atoms with E-state index in [2.05, 4.69) is 158 Å². The predicted octanol–water partition coefficient (Wildman–Crippen LogP) is 11.3. The van der Waals surface area contributed by atoms with E-state index in [-0.39, 0.29) is 5.41 Å². The minimum absolute atomic E-state index is 0.135. The van der Waals surface area contributed by atoms with Crippen molar-refractivity contribution in [2.24, 2.45) is 0 Å².